The number of aliphatic hydroxyl groups is 1. The van der Waals surface area contributed by atoms with Crippen LogP contribution in [0.4, 0.5) is 0 Å². The topological polar surface area (TPSA) is 94.5 Å². The third-order valence-corrected chi connectivity index (χ3v) is 5.70. The van der Waals surface area contributed by atoms with E-state index in [1.54, 1.807) is 42.5 Å². The van der Waals surface area contributed by atoms with Gasteiger partial charge in [0.1, 0.15) is 28.6 Å². The number of benzene rings is 2. The number of nitrogens with zero attached hydrogens (tertiary/aromatic N) is 1. The number of likely N-dealkylation sites (tertiary alicyclic amines) is 1. The molecule has 0 saturated carbocycles. The Morgan fingerprint density at radius 3 is 2.18 bits per heavy atom. The van der Waals surface area contributed by atoms with Crippen molar-refractivity contribution in [2.24, 2.45) is 0 Å². The number of methoxy groups -OCH3 is 3. The molecule has 1 fully saturated rings. The molecule has 8 nitrogen and oxygen atoms in total. The van der Waals surface area contributed by atoms with Crippen LogP contribution in [0.25, 0.3) is 5.76 Å². The first-order valence-corrected chi connectivity index (χ1v) is 11.2. The highest BCUT2D eigenvalue weighted by atomic mass is 16.5. The second-order valence-electron chi connectivity index (χ2n) is 7.79. The van der Waals surface area contributed by atoms with Crippen LogP contribution >= 0.6 is 0 Å². The van der Waals surface area contributed by atoms with E-state index in [-0.39, 0.29) is 30.0 Å². The van der Waals surface area contributed by atoms with Gasteiger partial charge >= 0.3 is 0 Å². The first-order valence-electron chi connectivity index (χ1n) is 11.2. The van der Waals surface area contributed by atoms with Crippen LogP contribution in [0.5, 0.6) is 17.2 Å². The molecule has 1 unspecified atom stereocenters. The zero-order valence-corrected chi connectivity index (χ0v) is 20.0. The fraction of sp³-hybridized carbons (Fsp3) is 0.385. The maximum Gasteiger partial charge on any atom is 0.295 e. The van der Waals surface area contributed by atoms with E-state index in [2.05, 4.69) is 6.92 Å². The highest BCUT2D eigenvalue weighted by Crippen LogP contribution is 2.43. The molecule has 0 aliphatic carbocycles. The molecule has 2 aromatic rings. The van der Waals surface area contributed by atoms with Crippen molar-refractivity contribution in [3.63, 3.8) is 0 Å². The Balaban J connectivity index is 2.13. The molecule has 0 aromatic heterocycles. The smallest absolute Gasteiger partial charge is 0.295 e. The molecule has 0 spiro atoms. The molecule has 34 heavy (non-hydrogen) atoms. The molecule has 1 saturated heterocycles. The first kappa shape index (κ1) is 25.1. The van der Waals surface area contributed by atoms with Gasteiger partial charge < -0.3 is 29.0 Å². The number of carbonyl (C=O) groups excluding carboxylic acids is 2. The Hall–Kier alpha value is -3.52. The molecule has 1 aliphatic heterocycles. The van der Waals surface area contributed by atoms with E-state index in [0.29, 0.717) is 29.4 Å². The van der Waals surface area contributed by atoms with Gasteiger partial charge in [-0.1, -0.05) is 31.5 Å². The minimum atomic E-state index is -0.811. The van der Waals surface area contributed by atoms with Crippen LogP contribution < -0.4 is 14.2 Å². The predicted molar refractivity (Wildman–Crippen MR) is 127 cm³/mol. The highest BCUT2D eigenvalue weighted by molar-refractivity contribution is 6.46. The average molecular weight is 470 g/mol. The maximum absolute atomic E-state index is 13.2. The van der Waals surface area contributed by atoms with E-state index in [4.69, 9.17) is 18.9 Å². The van der Waals surface area contributed by atoms with E-state index in [1.807, 2.05) is 0 Å². The lowest BCUT2D eigenvalue weighted by Crippen LogP contribution is -2.32. The van der Waals surface area contributed by atoms with Crippen molar-refractivity contribution in [2.45, 2.75) is 25.8 Å². The molecule has 2 aromatic carbocycles. The SMILES string of the molecule is CCCCOc1ccc(C2/C(=C(\O)c3c(OC)cccc3OC)C(=O)C(=O)N2CCOC)cc1. The molecule has 1 N–H and O–H groups in total. The molecular weight excluding hydrogens is 438 g/mol. The van der Waals surface area contributed by atoms with E-state index in [0.717, 1.165) is 12.8 Å². The van der Waals surface area contributed by atoms with Crippen molar-refractivity contribution >= 4 is 17.4 Å². The first-order chi connectivity index (χ1) is 16.5. The normalized spacial score (nSPS) is 17.2. The summed E-state index contributed by atoms with van der Waals surface area (Å²) >= 11 is 0. The predicted octanol–water partition coefficient (Wildman–Crippen LogP) is 3.95. The Morgan fingerprint density at radius 2 is 1.62 bits per heavy atom. The third-order valence-electron chi connectivity index (χ3n) is 5.70. The van der Waals surface area contributed by atoms with Crippen LogP contribution in [-0.2, 0) is 14.3 Å². The fourth-order valence-corrected chi connectivity index (χ4v) is 3.95. The number of hydrogen-bond donors (Lipinski definition) is 1. The summed E-state index contributed by atoms with van der Waals surface area (Å²) in [6.45, 7) is 3.11. The monoisotopic (exact) mass is 469 g/mol. The van der Waals surface area contributed by atoms with Crippen LogP contribution in [0, 0.1) is 0 Å². The quantitative estimate of drug-likeness (QED) is 0.230. The fourth-order valence-electron chi connectivity index (χ4n) is 3.95. The van der Waals surface area contributed by atoms with Gasteiger partial charge in [0.2, 0.25) is 0 Å². The van der Waals surface area contributed by atoms with Gasteiger partial charge in [-0.15, -0.1) is 0 Å². The van der Waals surface area contributed by atoms with Crippen LogP contribution in [-0.4, -0.2) is 62.8 Å². The minimum absolute atomic E-state index is 0.0384. The second kappa shape index (κ2) is 11.6. The third kappa shape index (κ3) is 5.02. The molecule has 182 valence electrons. The van der Waals surface area contributed by atoms with E-state index in [1.165, 1.54) is 26.2 Å². The van der Waals surface area contributed by atoms with Crippen molar-refractivity contribution in [1.29, 1.82) is 0 Å². The summed E-state index contributed by atoms with van der Waals surface area (Å²) in [5.74, 6) is -0.523. The van der Waals surface area contributed by atoms with Gasteiger partial charge in [-0.25, -0.2) is 0 Å². The largest absolute Gasteiger partial charge is 0.506 e. The average Bonchev–Trinajstić information content (AvgIpc) is 3.11. The number of unbranched alkanes of at least 4 members (excludes halogenated alkanes) is 1. The standard InChI is InChI=1S/C26H31NO7/c1-5-6-15-34-18-12-10-17(11-13-18)23-22(25(29)26(30)27(23)14-16-31-2)24(28)21-19(32-3)8-7-9-20(21)33-4/h7-13,23,28H,5-6,14-16H2,1-4H3/b24-22+. The second-order valence-corrected chi connectivity index (χ2v) is 7.79. The van der Waals surface area contributed by atoms with E-state index in [9.17, 15) is 14.7 Å². The molecular formula is C26H31NO7. The van der Waals surface area contributed by atoms with Crippen molar-refractivity contribution in [1.82, 2.24) is 4.90 Å². The maximum atomic E-state index is 13.2. The number of rotatable bonds is 11. The number of ether oxygens (including phenoxy) is 4. The molecule has 1 heterocycles. The lowest BCUT2D eigenvalue weighted by molar-refractivity contribution is -0.140. The van der Waals surface area contributed by atoms with Gasteiger partial charge in [-0.2, -0.15) is 0 Å². The lowest BCUT2D eigenvalue weighted by atomic mass is 9.94. The zero-order chi connectivity index (χ0) is 24.7. The number of carbonyl (C=O) groups is 2. The molecule has 1 atom stereocenters. The Labute approximate surface area is 199 Å². The lowest BCUT2D eigenvalue weighted by Gasteiger charge is -2.25. The van der Waals surface area contributed by atoms with Crippen molar-refractivity contribution in [3.8, 4) is 17.2 Å². The molecule has 3 rings (SSSR count). The Bertz CT molecular complexity index is 1020. The summed E-state index contributed by atoms with van der Waals surface area (Å²) in [6, 6.07) is 11.4. The number of amides is 1. The van der Waals surface area contributed by atoms with Gasteiger partial charge in [0.25, 0.3) is 11.7 Å². The summed E-state index contributed by atoms with van der Waals surface area (Å²) in [6.07, 6.45) is 1.97. The van der Waals surface area contributed by atoms with Crippen molar-refractivity contribution in [2.75, 3.05) is 41.1 Å². The van der Waals surface area contributed by atoms with Crippen LogP contribution in [0.3, 0.4) is 0 Å². The molecule has 0 bridgehead atoms. The van der Waals surface area contributed by atoms with Crippen LogP contribution in [0.2, 0.25) is 0 Å². The van der Waals surface area contributed by atoms with Crippen LogP contribution in [0.1, 0.15) is 36.9 Å². The van der Waals surface area contributed by atoms with Gasteiger partial charge in [0.15, 0.2) is 0 Å². The van der Waals surface area contributed by atoms with Gasteiger partial charge in [0, 0.05) is 13.7 Å². The Kier molecular flexibility index (Phi) is 8.54. The Morgan fingerprint density at radius 1 is 0.971 bits per heavy atom. The van der Waals surface area contributed by atoms with Gasteiger partial charge in [-0.3, -0.25) is 9.59 Å². The molecule has 8 heteroatoms. The number of hydrogen-bond acceptors (Lipinski definition) is 7. The van der Waals surface area contributed by atoms with Gasteiger partial charge in [0.05, 0.1) is 39.0 Å². The molecule has 0 radical (unpaired) electrons. The summed E-state index contributed by atoms with van der Waals surface area (Å²) in [5.41, 5.74) is 0.832. The summed E-state index contributed by atoms with van der Waals surface area (Å²) < 4.78 is 21.7. The number of aliphatic hydroxyl groups excluding tert-OH is 1. The number of ketones is 1. The van der Waals surface area contributed by atoms with Gasteiger partial charge in [-0.05, 0) is 36.2 Å². The molecule has 1 aliphatic rings. The number of Topliss-reactive ketones (excluding diaryl/α,β-unsaturated/α-hetero) is 1. The van der Waals surface area contributed by atoms with E-state index < -0.39 is 17.7 Å². The van der Waals surface area contributed by atoms with E-state index >= 15 is 0 Å². The zero-order valence-electron chi connectivity index (χ0n) is 20.0. The molecule has 1 amide bonds. The van der Waals surface area contributed by atoms with Crippen molar-refractivity contribution in [3.05, 3.63) is 59.2 Å². The summed E-state index contributed by atoms with van der Waals surface area (Å²) in [5, 5.41) is 11.4. The summed E-state index contributed by atoms with van der Waals surface area (Å²) in [7, 11) is 4.43. The minimum Gasteiger partial charge on any atom is -0.506 e. The van der Waals surface area contributed by atoms with Crippen molar-refractivity contribution < 1.29 is 33.6 Å². The summed E-state index contributed by atoms with van der Waals surface area (Å²) in [4.78, 5) is 27.6. The highest BCUT2D eigenvalue weighted by Gasteiger charge is 2.46. The van der Waals surface area contributed by atoms with Crippen LogP contribution in [0.15, 0.2) is 48.0 Å².